The number of likely N-dealkylation sites (tertiary alicyclic amines) is 2. The van der Waals surface area contributed by atoms with Crippen LogP contribution >= 0.6 is 0 Å². The number of fused-ring (bicyclic) bond motifs is 2. The maximum absolute atomic E-state index is 14.3. The lowest BCUT2D eigenvalue weighted by Gasteiger charge is -2.36. The van der Waals surface area contributed by atoms with Gasteiger partial charge in [-0.15, -0.1) is 0 Å². The smallest absolute Gasteiger partial charge is 0.245 e. The second kappa shape index (κ2) is 12.3. The normalized spacial score (nSPS) is 27.9. The molecule has 6 atom stereocenters. The number of hydrogen-bond donors (Lipinski definition) is 3. The number of hydrogen-bond acceptors (Lipinski definition) is 5. The number of carbonyl (C=O) groups is 4. The van der Waals surface area contributed by atoms with E-state index in [-0.39, 0.29) is 47.7 Å². The number of amides is 4. The number of nitrogens with one attached hydrogen (secondary N) is 3. The molecule has 1 saturated carbocycles. The summed E-state index contributed by atoms with van der Waals surface area (Å²) in [5.41, 5.74) is 2.44. The molecular formula is C31H45N5O4. The lowest BCUT2D eigenvalue weighted by atomic mass is 9.83. The Morgan fingerprint density at radius 2 is 1.70 bits per heavy atom. The Labute approximate surface area is 237 Å². The number of carbonyl (C=O) groups excluding carboxylic acids is 4. The Balaban J connectivity index is 1.39. The Hall–Kier alpha value is -2.94. The van der Waals surface area contributed by atoms with E-state index in [1.54, 1.807) is 25.8 Å². The van der Waals surface area contributed by atoms with Crippen molar-refractivity contribution in [2.45, 2.75) is 102 Å². The van der Waals surface area contributed by atoms with Crippen LogP contribution in [0.1, 0.15) is 82.4 Å². The van der Waals surface area contributed by atoms with Gasteiger partial charge in [0.05, 0.1) is 30.1 Å². The second-order valence-electron chi connectivity index (χ2n) is 12.2. The maximum atomic E-state index is 14.3. The molecule has 0 aromatic heterocycles. The number of aryl methyl sites for hydroxylation is 1. The van der Waals surface area contributed by atoms with Crippen LogP contribution in [0.25, 0.3) is 0 Å². The zero-order chi connectivity index (χ0) is 28.4. The van der Waals surface area contributed by atoms with Crippen LogP contribution < -0.4 is 16.0 Å². The monoisotopic (exact) mass is 551 g/mol. The topological polar surface area (TPSA) is 111 Å². The van der Waals surface area contributed by atoms with E-state index in [4.69, 9.17) is 0 Å². The van der Waals surface area contributed by atoms with Crippen molar-refractivity contribution in [3.05, 3.63) is 35.4 Å². The van der Waals surface area contributed by atoms with Crippen molar-refractivity contribution in [1.82, 2.24) is 25.8 Å². The first kappa shape index (κ1) is 28.6. The molecule has 3 fully saturated rings. The molecule has 9 heteroatoms. The highest BCUT2D eigenvalue weighted by atomic mass is 16.2. The van der Waals surface area contributed by atoms with E-state index < -0.39 is 18.0 Å². The third kappa shape index (κ3) is 5.62. The third-order valence-electron chi connectivity index (χ3n) is 9.85. The molecule has 0 unspecified atom stereocenters. The zero-order valence-corrected chi connectivity index (χ0v) is 24.2. The van der Waals surface area contributed by atoms with Crippen molar-refractivity contribution in [3.8, 4) is 0 Å². The summed E-state index contributed by atoms with van der Waals surface area (Å²) in [5, 5.41) is 9.35. The van der Waals surface area contributed by atoms with E-state index in [2.05, 4.69) is 28.1 Å². The molecule has 3 N–H and O–H groups in total. The summed E-state index contributed by atoms with van der Waals surface area (Å²) in [5.74, 6) is -0.894. The highest BCUT2D eigenvalue weighted by molar-refractivity contribution is 5.91. The van der Waals surface area contributed by atoms with E-state index in [0.717, 1.165) is 56.9 Å². The minimum absolute atomic E-state index is 0.0647. The van der Waals surface area contributed by atoms with Crippen molar-refractivity contribution in [3.63, 3.8) is 0 Å². The first-order valence-corrected chi connectivity index (χ1v) is 15.2. The van der Waals surface area contributed by atoms with Gasteiger partial charge in [-0.05, 0) is 69.5 Å². The fourth-order valence-corrected chi connectivity index (χ4v) is 7.56. The Kier molecular flexibility index (Phi) is 8.78. The summed E-state index contributed by atoms with van der Waals surface area (Å²) in [6.07, 6.45) is 8.58. The van der Waals surface area contributed by atoms with Crippen LogP contribution in [0.3, 0.4) is 0 Å². The van der Waals surface area contributed by atoms with Gasteiger partial charge in [0.15, 0.2) is 0 Å². The fourth-order valence-electron chi connectivity index (χ4n) is 7.56. The lowest BCUT2D eigenvalue weighted by Crippen LogP contribution is -2.58. The van der Waals surface area contributed by atoms with Gasteiger partial charge in [0.25, 0.3) is 0 Å². The van der Waals surface area contributed by atoms with Gasteiger partial charge in [-0.1, -0.05) is 43.5 Å². The summed E-state index contributed by atoms with van der Waals surface area (Å²) < 4.78 is 0. The first-order valence-electron chi connectivity index (χ1n) is 15.2. The summed E-state index contributed by atoms with van der Waals surface area (Å²) >= 11 is 0. The average Bonchev–Trinajstić information content (AvgIpc) is 3.57. The van der Waals surface area contributed by atoms with E-state index in [1.807, 2.05) is 17.0 Å². The van der Waals surface area contributed by atoms with Gasteiger partial charge in [0.1, 0.15) is 6.04 Å². The first-order chi connectivity index (χ1) is 19.3. The van der Waals surface area contributed by atoms with Gasteiger partial charge in [-0.3, -0.25) is 19.2 Å². The molecule has 4 aliphatic rings. The standard InChI is InChI=1S/C31H45N5O4/c1-19(32-3)29(38)34-27(22-11-5-4-6-12-22)31(40)35-17-16-26-28(35)24(18-36(26)20(2)37)30(39)33-25-15-9-13-21-10-7-8-14-23(21)25/h7-8,10,14,19,22,24-28,32H,4-6,9,11-13,15-18H2,1-3H3,(H,33,39)(H,34,38)/t19-,24-,25+,26+,27-,28+/m0/s1. The molecule has 40 heavy (non-hydrogen) atoms. The van der Waals surface area contributed by atoms with Crippen LogP contribution in [-0.2, 0) is 25.6 Å². The van der Waals surface area contributed by atoms with E-state index in [0.29, 0.717) is 19.5 Å². The molecule has 0 spiro atoms. The Morgan fingerprint density at radius 3 is 2.42 bits per heavy atom. The zero-order valence-electron chi connectivity index (χ0n) is 24.2. The molecule has 1 aromatic rings. The maximum Gasteiger partial charge on any atom is 0.245 e. The summed E-state index contributed by atoms with van der Waals surface area (Å²) in [6, 6.07) is 6.59. The van der Waals surface area contributed by atoms with Crippen molar-refractivity contribution in [1.29, 1.82) is 0 Å². The summed E-state index contributed by atoms with van der Waals surface area (Å²) in [4.78, 5) is 57.4. The van der Waals surface area contributed by atoms with E-state index >= 15 is 0 Å². The van der Waals surface area contributed by atoms with Gasteiger partial charge in [0, 0.05) is 20.0 Å². The molecule has 218 valence electrons. The second-order valence-corrected chi connectivity index (χ2v) is 12.2. The molecule has 2 aliphatic heterocycles. The lowest BCUT2D eigenvalue weighted by molar-refractivity contribution is -0.141. The minimum atomic E-state index is -0.623. The number of likely N-dealkylation sites (N-methyl/N-ethyl adjacent to an activating group) is 1. The van der Waals surface area contributed by atoms with Crippen molar-refractivity contribution in [2.24, 2.45) is 11.8 Å². The van der Waals surface area contributed by atoms with Gasteiger partial charge < -0.3 is 25.8 Å². The number of nitrogens with zero attached hydrogens (tertiary/aromatic N) is 2. The van der Waals surface area contributed by atoms with E-state index in [1.165, 1.54) is 5.56 Å². The molecule has 2 heterocycles. The van der Waals surface area contributed by atoms with Gasteiger partial charge in [0.2, 0.25) is 23.6 Å². The average molecular weight is 552 g/mol. The van der Waals surface area contributed by atoms with Crippen molar-refractivity contribution < 1.29 is 19.2 Å². The van der Waals surface area contributed by atoms with Gasteiger partial charge in [-0.25, -0.2) is 0 Å². The molecule has 0 bridgehead atoms. The molecular weight excluding hydrogens is 506 g/mol. The van der Waals surface area contributed by atoms with Crippen LogP contribution in [0.4, 0.5) is 0 Å². The molecule has 2 saturated heterocycles. The van der Waals surface area contributed by atoms with Crippen LogP contribution in [0, 0.1) is 11.8 Å². The predicted molar refractivity (Wildman–Crippen MR) is 152 cm³/mol. The minimum Gasteiger partial charge on any atom is -0.349 e. The fraction of sp³-hybridized carbons (Fsp3) is 0.677. The van der Waals surface area contributed by atoms with Gasteiger partial charge >= 0.3 is 0 Å². The van der Waals surface area contributed by atoms with Crippen molar-refractivity contribution >= 4 is 23.6 Å². The van der Waals surface area contributed by atoms with Crippen LogP contribution in [0.5, 0.6) is 0 Å². The van der Waals surface area contributed by atoms with E-state index in [9.17, 15) is 19.2 Å². The van der Waals surface area contributed by atoms with Crippen LogP contribution in [0.15, 0.2) is 24.3 Å². The molecule has 5 rings (SSSR count). The highest BCUT2D eigenvalue weighted by Gasteiger charge is 2.55. The number of rotatable bonds is 7. The van der Waals surface area contributed by atoms with Crippen LogP contribution in [0.2, 0.25) is 0 Å². The molecule has 1 aromatic carbocycles. The Bertz CT molecular complexity index is 1120. The molecule has 2 aliphatic carbocycles. The predicted octanol–water partition coefficient (Wildman–Crippen LogP) is 2.30. The Morgan fingerprint density at radius 1 is 0.950 bits per heavy atom. The largest absolute Gasteiger partial charge is 0.349 e. The van der Waals surface area contributed by atoms with Crippen LogP contribution in [-0.4, -0.2) is 77.7 Å². The summed E-state index contributed by atoms with van der Waals surface area (Å²) in [7, 11) is 1.73. The molecule has 0 radical (unpaired) electrons. The highest BCUT2D eigenvalue weighted by Crippen LogP contribution is 2.39. The third-order valence-corrected chi connectivity index (χ3v) is 9.85. The summed E-state index contributed by atoms with van der Waals surface area (Å²) in [6.45, 7) is 4.12. The SMILES string of the molecule is CN[C@@H](C)C(=O)N[C@H](C(=O)N1CC[C@@H]2[C@H]1[C@@H](C(=O)N[C@@H]1CCCc3ccccc31)CN2C(C)=O)C1CCCCC1. The van der Waals surface area contributed by atoms with Crippen molar-refractivity contribution in [2.75, 3.05) is 20.1 Å². The molecule has 4 amide bonds. The quantitative estimate of drug-likeness (QED) is 0.482. The van der Waals surface area contributed by atoms with Gasteiger partial charge in [-0.2, -0.15) is 0 Å². The number of benzene rings is 1. The molecule has 9 nitrogen and oxygen atoms in total.